The molecule has 110 valence electrons. The normalized spacial score (nSPS) is 19.0. The first-order chi connectivity index (χ1) is 9.72. The molecule has 1 heterocycles. The number of amides is 1. The van der Waals surface area contributed by atoms with Crippen LogP contribution in [0.2, 0.25) is 0 Å². The third kappa shape index (κ3) is 3.95. The Balaban J connectivity index is 1.80. The molecule has 1 unspecified atom stereocenters. The first-order valence-corrected chi connectivity index (χ1v) is 7.01. The Hall–Kier alpha value is -1.59. The molecule has 0 aromatic heterocycles. The summed E-state index contributed by atoms with van der Waals surface area (Å²) in [4.78, 5) is 14.1. The van der Waals surface area contributed by atoms with Gasteiger partial charge in [-0.3, -0.25) is 9.69 Å². The predicted molar refractivity (Wildman–Crippen MR) is 77.9 cm³/mol. The van der Waals surface area contributed by atoms with Crippen LogP contribution in [0.15, 0.2) is 24.3 Å². The number of nitrogens with one attached hydrogen (secondary N) is 1. The summed E-state index contributed by atoms with van der Waals surface area (Å²) in [6.07, 6.45) is 2.56. The number of ether oxygens (including phenoxy) is 1. The van der Waals surface area contributed by atoms with Crippen LogP contribution in [0.25, 0.3) is 0 Å². The molecule has 1 aromatic carbocycles. The number of aliphatic hydroxyl groups excluding tert-OH is 1. The highest BCUT2D eigenvalue weighted by Crippen LogP contribution is 2.18. The van der Waals surface area contributed by atoms with E-state index in [2.05, 4.69) is 10.2 Å². The zero-order valence-electron chi connectivity index (χ0n) is 11.8. The molecule has 1 saturated heterocycles. The summed E-state index contributed by atoms with van der Waals surface area (Å²) in [5, 5.41) is 12.1. The molecular weight excluding hydrogens is 256 g/mol. The second-order valence-electron chi connectivity index (χ2n) is 5.04. The highest BCUT2D eigenvalue weighted by molar-refractivity contribution is 5.91. The van der Waals surface area contributed by atoms with Gasteiger partial charge in [0.15, 0.2) is 0 Å². The molecule has 0 radical (unpaired) electrons. The Morgan fingerprint density at radius 3 is 3.15 bits per heavy atom. The highest BCUT2D eigenvalue weighted by atomic mass is 16.5. The molecule has 1 atom stereocenters. The Labute approximate surface area is 119 Å². The Bertz CT molecular complexity index is 450. The van der Waals surface area contributed by atoms with E-state index in [-0.39, 0.29) is 18.6 Å². The first-order valence-electron chi connectivity index (χ1n) is 7.01. The summed E-state index contributed by atoms with van der Waals surface area (Å²) in [5.74, 6) is 0.713. The van der Waals surface area contributed by atoms with Crippen LogP contribution in [0.3, 0.4) is 0 Å². The van der Waals surface area contributed by atoms with Crippen LogP contribution in [0.5, 0.6) is 5.75 Å². The van der Waals surface area contributed by atoms with Crippen molar-refractivity contribution in [2.45, 2.75) is 25.3 Å². The highest BCUT2D eigenvalue weighted by Gasteiger charge is 2.23. The van der Waals surface area contributed by atoms with Gasteiger partial charge in [-0.1, -0.05) is 6.07 Å². The third-order valence-electron chi connectivity index (χ3n) is 3.69. The lowest BCUT2D eigenvalue weighted by molar-refractivity contribution is -0.116. The number of hydrogen-bond donors (Lipinski definition) is 2. The van der Waals surface area contributed by atoms with Gasteiger partial charge < -0.3 is 15.2 Å². The number of rotatable bonds is 6. The average Bonchev–Trinajstić information content (AvgIpc) is 2.93. The summed E-state index contributed by atoms with van der Waals surface area (Å²) >= 11 is 0. The van der Waals surface area contributed by atoms with Crippen molar-refractivity contribution in [2.24, 2.45) is 0 Å². The van der Waals surface area contributed by atoms with Crippen molar-refractivity contribution >= 4 is 11.6 Å². The maximum atomic E-state index is 11.9. The van der Waals surface area contributed by atoms with Gasteiger partial charge in [0.2, 0.25) is 5.91 Å². The van der Waals surface area contributed by atoms with Crippen LogP contribution in [-0.2, 0) is 4.79 Å². The molecule has 20 heavy (non-hydrogen) atoms. The number of aliphatic hydroxyl groups is 1. The lowest BCUT2D eigenvalue weighted by Gasteiger charge is -2.22. The van der Waals surface area contributed by atoms with E-state index in [0.717, 1.165) is 30.8 Å². The first kappa shape index (κ1) is 14.8. The van der Waals surface area contributed by atoms with Gasteiger partial charge in [0.25, 0.3) is 0 Å². The quantitative estimate of drug-likeness (QED) is 0.827. The van der Waals surface area contributed by atoms with E-state index in [1.54, 1.807) is 13.2 Å². The number of anilines is 1. The Morgan fingerprint density at radius 2 is 2.40 bits per heavy atom. The second-order valence-corrected chi connectivity index (χ2v) is 5.04. The maximum Gasteiger partial charge on any atom is 0.225 e. The van der Waals surface area contributed by atoms with E-state index < -0.39 is 0 Å². The molecule has 0 spiro atoms. The topological polar surface area (TPSA) is 61.8 Å². The van der Waals surface area contributed by atoms with Crippen LogP contribution in [0.4, 0.5) is 5.69 Å². The molecule has 0 saturated carbocycles. The number of carbonyl (C=O) groups is 1. The van der Waals surface area contributed by atoms with E-state index in [1.807, 2.05) is 18.2 Å². The van der Waals surface area contributed by atoms with Crippen molar-refractivity contribution in [1.29, 1.82) is 0 Å². The van der Waals surface area contributed by atoms with Gasteiger partial charge in [0.05, 0.1) is 13.7 Å². The average molecular weight is 278 g/mol. The van der Waals surface area contributed by atoms with Gasteiger partial charge in [-0.25, -0.2) is 0 Å². The van der Waals surface area contributed by atoms with E-state index in [9.17, 15) is 9.90 Å². The van der Waals surface area contributed by atoms with Gasteiger partial charge in [-0.2, -0.15) is 0 Å². The molecule has 5 nitrogen and oxygen atoms in total. The molecule has 1 aromatic rings. The van der Waals surface area contributed by atoms with Crippen molar-refractivity contribution in [2.75, 3.05) is 32.1 Å². The summed E-state index contributed by atoms with van der Waals surface area (Å²) in [5.41, 5.74) is 0.745. The lowest BCUT2D eigenvalue weighted by Crippen LogP contribution is -2.34. The zero-order valence-corrected chi connectivity index (χ0v) is 11.8. The minimum atomic E-state index is -0.0122. The van der Waals surface area contributed by atoms with Gasteiger partial charge in [-0.05, 0) is 31.5 Å². The Kier molecular flexibility index (Phi) is 5.38. The fraction of sp³-hybridized carbons (Fsp3) is 0.533. The fourth-order valence-electron chi connectivity index (χ4n) is 2.57. The minimum Gasteiger partial charge on any atom is -0.497 e. The van der Waals surface area contributed by atoms with E-state index in [4.69, 9.17) is 4.74 Å². The number of carbonyl (C=O) groups excluding carboxylic acids is 1. The van der Waals surface area contributed by atoms with E-state index in [1.165, 1.54) is 0 Å². The number of benzene rings is 1. The summed E-state index contributed by atoms with van der Waals surface area (Å²) in [6.45, 7) is 1.84. The van der Waals surface area contributed by atoms with Gasteiger partial charge >= 0.3 is 0 Å². The van der Waals surface area contributed by atoms with Crippen LogP contribution < -0.4 is 10.1 Å². The van der Waals surface area contributed by atoms with Crippen LogP contribution in [-0.4, -0.2) is 48.8 Å². The summed E-state index contributed by atoms with van der Waals surface area (Å²) in [7, 11) is 1.60. The smallest absolute Gasteiger partial charge is 0.225 e. The molecule has 1 amide bonds. The van der Waals surface area contributed by atoms with Crippen LogP contribution in [0, 0.1) is 0 Å². The number of methoxy groups -OCH3 is 1. The van der Waals surface area contributed by atoms with Gasteiger partial charge in [0, 0.05) is 30.8 Å². The maximum absolute atomic E-state index is 11.9. The van der Waals surface area contributed by atoms with E-state index in [0.29, 0.717) is 13.0 Å². The monoisotopic (exact) mass is 278 g/mol. The molecule has 1 aliphatic rings. The van der Waals surface area contributed by atoms with Crippen molar-refractivity contribution in [1.82, 2.24) is 4.90 Å². The zero-order chi connectivity index (χ0) is 14.4. The van der Waals surface area contributed by atoms with Crippen molar-refractivity contribution in [3.05, 3.63) is 24.3 Å². The molecule has 1 fully saturated rings. The summed E-state index contributed by atoms with van der Waals surface area (Å²) < 4.78 is 5.12. The summed E-state index contributed by atoms with van der Waals surface area (Å²) in [6, 6.07) is 7.54. The number of nitrogens with zero attached hydrogens (tertiary/aromatic N) is 1. The van der Waals surface area contributed by atoms with Gasteiger partial charge in [-0.15, -0.1) is 0 Å². The molecule has 0 aliphatic carbocycles. The largest absolute Gasteiger partial charge is 0.497 e. The SMILES string of the molecule is COc1cccc(NC(=O)CCN2CCCC2CO)c1. The standard InChI is InChI=1S/C15H22N2O3/c1-20-14-6-2-4-12(10-14)16-15(19)7-9-17-8-3-5-13(17)11-18/h2,4,6,10,13,18H,3,5,7-9,11H2,1H3,(H,16,19). The van der Waals surface area contributed by atoms with Gasteiger partial charge in [0.1, 0.15) is 5.75 Å². The second kappa shape index (κ2) is 7.26. The molecule has 2 N–H and O–H groups in total. The number of likely N-dealkylation sites (tertiary alicyclic amines) is 1. The van der Waals surface area contributed by atoms with Crippen molar-refractivity contribution < 1.29 is 14.6 Å². The predicted octanol–water partition coefficient (Wildman–Crippen LogP) is 1.48. The fourth-order valence-corrected chi connectivity index (χ4v) is 2.57. The van der Waals surface area contributed by atoms with Crippen molar-refractivity contribution in [3.63, 3.8) is 0 Å². The molecule has 1 aliphatic heterocycles. The molecule has 5 heteroatoms. The lowest BCUT2D eigenvalue weighted by atomic mass is 10.2. The third-order valence-corrected chi connectivity index (χ3v) is 3.69. The van der Waals surface area contributed by atoms with Crippen LogP contribution >= 0.6 is 0 Å². The van der Waals surface area contributed by atoms with Crippen LogP contribution in [0.1, 0.15) is 19.3 Å². The molecule has 2 rings (SSSR count). The molecular formula is C15H22N2O3. The minimum absolute atomic E-state index is 0.0122. The number of hydrogen-bond acceptors (Lipinski definition) is 4. The molecule has 0 bridgehead atoms. The van der Waals surface area contributed by atoms with Crippen molar-refractivity contribution in [3.8, 4) is 5.75 Å². The van der Waals surface area contributed by atoms with E-state index >= 15 is 0 Å². The Morgan fingerprint density at radius 1 is 1.55 bits per heavy atom.